The van der Waals surface area contributed by atoms with Crippen LogP contribution in [-0.4, -0.2) is 44.8 Å². The van der Waals surface area contributed by atoms with Crippen LogP contribution in [-0.2, 0) is 0 Å². The summed E-state index contributed by atoms with van der Waals surface area (Å²) in [7, 11) is 0. The van der Waals surface area contributed by atoms with Crippen molar-refractivity contribution in [3.8, 4) is 11.4 Å². The average molecular weight is 362 g/mol. The van der Waals surface area contributed by atoms with Crippen molar-refractivity contribution in [2.75, 3.05) is 13.1 Å². The summed E-state index contributed by atoms with van der Waals surface area (Å²) in [5.74, 6) is 0.959. The second-order valence-electron chi connectivity index (χ2n) is 6.85. The SMILES string of the molecule is Cc1cccc(OC2CCN(C(=O)c3cccc(-n4cnnc4)c3)CC2)c1. The largest absolute Gasteiger partial charge is 0.490 e. The Balaban J connectivity index is 1.38. The standard InChI is InChI=1S/C21H22N4O2/c1-16-4-2-7-20(12-16)27-19-8-10-24(11-9-19)21(26)17-5-3-6-18(13-17)25-14-22-23-15-25/h2-7,12-15,19H,8-11H2,1H3. The van der Waals surface area contributed by atoms with E-state index in [1.54, 1.807) is 17.2 Å². The van der Waals surface area contributed by atoms with E-state index in [-0.39, 0.29) is 12.0 Å². The average Bonchev–Trinajstić information content (AvgIpc) is 3.23. The van der Waals surface area contributed by atoms with Gasteiger partial charge in [0, 0.05) is 37.2 Å². The van der Waals surface area contributed by atoms with Crippen LogP contribution in [0.15, 0.2) is 61.2 Å². The van der Waals surface area contributed by atoms with Crippen LogP contribution in [0.1, 0.15) is 28.8 Å². The van der Waals surface area contributed by atoms with Crippen molar-refractivity contribution in [3.63, 3.8) is 0 Å². The molecular formula is C21H22N4O2. The number of hydrogen-bond donors (Lipinski definition) is 0. The number of amides is 1. The molecule has 4 rings (SSSR count). The number of aryl methyl sites for hydroxylation is 1. The predicted octanol–water partition coefficient (Wildman–Crippen LogP) is 3.26. The third-order valence-corrected chi connectivity index (χ3v) is 4.83. The zero-order valence-electron chi connectivity index (χ0n) is 15.3. The number of ether oxygens (including phenoxy) is 1. The minimum Gasteiger partial charge on any atom is -0.490 e. The maximum absolute atomic E-state index is 12.9. The molecule has 0 spiro atoms. The van der Waals surface area contributed by atoms with Crippen LogP contribution in [0, 0.1) is 6.92 Å². The first kappa shape index (κ1) is 17.3. The molecule has 6 heteroatoms. The van der Waals surface area contributed by atoms with Gasteiger partial charge in [0.1, 0.15) is 24.5 Å². The number of nitrogens with zero attached hydrogens (tertiary/aromatic N) is 4. The normalized spacial score (nSPS) is 14.9. The van der Waals surface area contributed by atoms with Gasteiger partial charge in [0.05, 0.1) is 0 Å². The Morgan fingerprint density at radius 2 is 1.78 bits per heavy atom. The fourth-order valence-electron chi connectivity index (χ4n) is 3.37. The summed E-state index contributed by atoms with van der Waals surface area (Å²) in [6, 6.07) is 15.6. The predicted molar refractivity (Wildman–Crippen MR) is 102 cm³/mol. The quantitative estimate of drug-likeness (QED) is 0.715. The highest BCUT2D eigenvalue weighted by Gasteiger charge is 2.25. The van der Waals surface area contributed by atoms with E-state index in [0.717, 1.165) is 24.3 Å². The van der Waals surface area contributed by atoms with Crippen LogP contribution in [0.5, 0.6) is 5.75 Å². The molecule has 0 radical (unpaired) electrons. The van der Waals surface area contributed by atoms with Crippen molar-refractivity contribution >= 4 is 5.91 Å². The summed E-state index contributed by atoms with van der Waals surface area (Å²) in [6.45, 7) is 3.46. The maximum Gasteiger partial charge on any atom is 0.253 e. The minimum absolute atomic E-state index is 0.0546. The lowest BCUT2D eigenvalue weighted by Crippen LogP contribution is -2.41. The molecule has 1 aliphatic rings. The first-order valence-corrected chi connectivity index (χ1v) is 9.17. The van der Waals surface area contributed by atoms with Crippen LogP contribution in [0.2, 0.25) is 0 Å². The molecule has 0 atom stereocenters. The summed E-state index contributed by atoms with van der Waals surface area (Å²) >= 11 is 0. The zero-order valence-corrected chi connectivity index (χ0v) is 15.3. The second kappa shape index (κ2) is 7.61. The highest BCUT2D eigenvalue weighted by Crippen LogP contribution is 2.21. The van der Waals surface area contributed by atoms with Gasteiger partial charge in [0.2, 0.25) is 0 Å². The van der Waals surface area contributed by atoms with E-state index in [9.17, 15) is 4.79 Å². The summed E-state index contributed by atoms with van der Waals surface area (Å²) in [4.78, 5) is 14.8. The molecular weight excluding hydrogens is 340 g/mol. The summed E-state index contributed by atoms with van der Waals surface area (Å²) in [6.07, 6.45) is 5.07. The van der Waals surface area contributed by atoms with E-state index in [2.05, 4.69) is 23.2 Å². The third kappa shape index (κ3) is 4.00. The zero-order chi connectivity index (χ0) is 18.6. The van der Waals surface area contributed by atoms with E-state index in [4.69, 9.17) is 4.74 Å². The fraction of sp³-hybridized carbons (Fsp3) is 0.286. The monoisotopic (exact) mass is 362 g/mol. The number of hydrogen-bond acceptors (Lipinski definition) is 4. The molecule has 3 aromatic rings. The van der Waals surface area contributed by atoms with Crippen molar-refractivity contribution in [1.82, 2.24) is 19.7 Å². The number of likely N-dealkylation sites (tertiary alicyclic amines) is 1. The van der Waals surface area contributed by atoms with Crippen LogP contribution in [0.3, 0.4) is 0 Å². The van der Waals surface area contributed by atoms with Gasteiger partial charge in [-0.15, -0.1) is 10.2 Å². The van der Waals surface area contributed by atoms with Gasteiger partial charge in [0.15, 0.2) is 0 Å². The lowest BCUT2D eigenvalue weighted by molar-refractivity contribution is 0.0595. The number of benzene rings is 2. The van der Waals surface area contributed by atoms with Gasteiger partial charge in [-0.25, -0.2) is 0 Å². The lowest BCUT2D eigenvalue weighted by atomic mass is 10.1. The molecule has 0 bridgehead atoms. The van der Waals surface area contributed by atoms with Crippen molar-refractivity contribution in [2.45, 2.75) is 25.9 Å². The first-order valence-electron chi connectivity index (χ1n) is 9.17. The van der Waals surface area contributed by atoms with Crippen molar-refractivity contribution in [3.05, 3.63) is 72.3 Å². The van der Waals surface area contributed by atoms with E-state index < -0.39 is 0 Å². The molecule has 0 unspecified atom stereocenters. The molecule has 0 aliphatic carbocycles. The number of rotatable bonds is 4. The van der Waals surface area contributed by atoms with Gasteiger partial charge in [-0.1, -0.05) is 18.2 Å². The molecule has 1 aromatic heterocycles. The highest BCUT2D eigenvalue weighted by molar-refractivity contribution is 5.94. The van der Waals surface area contributed by atoms with Crippen LogP contribution >= 0.6 is 0 Å². The number of carbonyl (C=O) groups excluding carboxylic acids is 1. The second-order valence-corrected chi connectivity index (χ2v) is 6.85. The molecule has 138 valence electrons. The van der Waals surface area contributed by atoms with Gasteiger partial charge in [-0.2, -0.15) is 0 Å². The lowest BCUT2D eigenvalue weighted by Gasteiger charge is -2.32. The van der Waals surface area contributed by atoms with Gasteiger partial charge < -0.3 is 9.64 Å². The Morgan fingerprint density at radius 1 is 1.04 bits per heavy atom. The molecule has 1 aliphatic heterocycles. The Hall–Kier alpha value is -3.15. The van der Waals surface area contributed by atoms with E-state index in [1.165, 1.54) is 5.56 Å². The Kier molecular flexibility index (Phi) is 4.87. The van der Waals surface area contributed by atoms with E-state index in [0.29, 0.717) is 18.7 Å². The molecule has 0 N–H and O–H groups in total. The van der Waals surface area contributed by atoms with E-state index >= 15 is 0 Å². The van der Waals surface area contributed by atoms with Gasteiger partial charge in [-0.05, 0) is 42.8 Å². The van der Waals surface area contributed by atoms with Crippen molar-refractivity contribution in [2.24, 2.45) is 0 Å². The van der Waals surface area contributed by atoms with Crippen LogP contribution < -0.4 is 4.74 Å². The van der Waals surface area contributed by atoms with Crippen LogP contribution in [0.4, 0.5) is 0 Å². The molecule has 1 amide bonds. The van der Waals surface area contributed by atoms with Gasteiger partial charge >= 0.3 is 0 Å². The topological polar surface area (TPSA) is 60.2 Å². The van der Waals surface area contributed by atoms with Crippen LogP contribution in [0.25, 0.3) is 5.69 Å². The van der Waals surface area contributed by atoms with E-state index in [1.807, 2.05) is 47.4 Å². The number of aromatic nitrogens is 3. The van der Waals surface area contributed by atoms with Crippen molar-refractivity contribution in [1.29, 1.82) is 0 Å². The summed E-state index contributed by atoms with van der Waals surface area (Å²) < 4.78 is 7.87. The fourth-order valence-corrected chi connectivity index (χ4v) is 3.37. The molecule has 27 heavy (non-hydrogen) atoms. The first-order chi connectivity index (χ1) is 13.2. The molecule has 2 aromatic carbocycles. The molecule has 1 fully saturated rings. The Bertz CT molecular complexity index is 915. The smallest absolute Gasteiger partial charge is 0.253 e. The summed E-state index contributed by atoms with van der Waals surface area (Å²) in [5.41, 5.74) is 2.75. The third-order valence-electron chi connectivity index (χ3n) is 4.83. The Morgan fingerprint density at radius 3 is 2.52 bits per heavy atom. The molecule has 1 saturated heterocycles. The van der Waals surface area contributed by atoms with Crippen molar-refractivity contribution < 1.29 is 9.53 Å². The number of piperidine rings is 1. The number of carbonyl (C=O) groups is 1. The summed E-state index contributed by atoms with van der Waals surface area (Å²) in [5, 5.41) is 7.63. The maximum atomic E-state index is 12.9. The molecule has 6 nitrogen and oxygen atoms in total. The van der Waals surface area contributed by atoms with Gasteiger partial charge in [0.25, 0.3) is 5.91 Å². The molecule has 0 saturated carbocycles. The Labute approximate surface area is 158 Å². The highest BCUT2D eigenvalue weighted by atomic mass is 16.5. The minimum atomic E-state index is 0.0546. The molecule has 2 heterocycles. The van der Waals surface area contributed by atoms with Gasteiger partial charge in [-0.3, -0.25) is 9.36 Å².